The Kier molecular flexibility index (Phi) is 11.4. The fourth-order valence-electron chi connectivity index (χ4n) is 3.89. The summed E-state index contributed by atoms with van der Waals surface area (Å²) in [5.74, 6) is -1.00. The molecule has 0 radical (unpaired) electrons. The van der Waals surface area contributed by atoms with E-state index in [1.54, 1.807) is 37.3 Å². The van der Waals surface area contributed by atoms with Crippen LogP contribution in [0.3, 0.4) is 0 Å². The van der Waals surface area contributed by atoms with Gasteiger partial charge >= 0.3 is 0 Å². The molecule has 0 bridgehead atoms. The van der Waals surface area contributed by atoms with Crippen LogP contribution in [-0.4, -0.2) is 43.8 Å². The normalized spacial score (nSPS) is 12.9. The van der Waals surface area contributed by atoms with Crippen LogP contribution in [0.15, 0.2) is 65.6 Å². The van der Waals surface area contributed by atoms with Crippen molar-refractivity contribution in [3.8, 4) is 0 Å². The highest BCUT2D eigenvalue weighted by Gasteiger charge is 2.33. The highest BCUT2D eigenvalue weighted by molar-refractivity contribution is 7.92. The lowest BCUT2D eigenvalue weighted by Gasteiger charge is -2.32. The Morgan fingerprint density at radius 3 is 2.00 bits per heavy atom. The van der Waals surface area contributed by atoms with Crippen molar-refractivity contribution in [2.45, 2.75) is 57.6 Å². The van der Waals surface area contributed by atoms with E-state index in [2.05, 4.69) is 5.32 Å². The Bertz CT molecular complexity index is 1520. The van der Waals surface area contributed by atoms with Gasteiger partial charge in [-0.05, 0) is 75.2 Å². The number of halogens is 4. The lowest BCUT2D eigenvalue weighted by atomic mass is 10.1. The predicted octanol–water partition coefficient (Wildman–Crippen LogP) is 7.14. The minimum Gasteiger partial charge on any atom is -0.352 e. The summed E-state index contributed by atoms with van der Waals surface area (Å²) in [6.45, 7) is 6.57. The van der Waals surface area contributed by atoms with Crippen molar-refractivity contribution in [3.63, 3.8) is 0 Å². The van der Waals surface area contributed by atoms with Crippen molar-refractivity contribution in [3.05, 3.63) is 91.9 Å². The molecule has 3 aromatic rings. The summed E-state index contributed by atoms with van der Waals surface area (Å²) in [6.07, 6.45) is 0.694. The van der Waals surface area contributed by atoms with Gasteiger partial charge in [0.1, 0.15) is 12.6 Å². The number of nitrogens with zero attached hydrogens (tertiary/aromatic N) is 2. The minimum absolute atomic E-state index is 0.0134. The number of carbonyl (C=O) groups excluding carboxylic acids is 2. The molecule has 7 nitrogen and oxygen atoms in total. The van der Waals surface area contributed by atoms with Gasteiger partial charge < -0.3 is 10.2 Å². The lowest BCUT2D eigenvalue weighted by molar-refractivity contribution is -0.139. The third-order valence-corrected chi connectivity index (χ3v) is 9.85. The van der Waals surface area contributed by atoms with Gasteiger partial charge in [0.25, 0.3) is 10.0 Å². The summed E-state index contributed by atoms with van der Waals surface area (Å²) in [5.41, 5.74) is 1.62. The molecular formula is C29H31Cl4N3O4S. The Hall–Kier alpha value is -2.49. The van der Waals surface area contributed by atoms with Crippen LogP contribution in [0.2, 0.25) is 20.1 Å². The van der Waals surface area contributed by atoms with Gasteiger partial charge in [-0.2, -0.15) is 0 Å². The van der Waals surface area contributed by atoms with E-state index in [0.29, 0.717) is 17.0 Å². The first-order valence-electron chi connectivity index (χ1n) is 12.8. The van der Waals surface area contributed by atoms with E-state index in [1.165, 1.54) is 35.2 Å². The van der Waals surface area contributed by atoms with Gasteiger partial charge in [-0.15, -0.1) is 0 Å². The smallest absolute Gasteiger partial charge is 0.264 e. The topological polar surface area (TPSA) is 86.8 Å². The van der Waals surface area contributed by atoms with Crippen molar-refractivity contribution in [1.82, 2.24) is 10.2 Å². The van der Waals surface area contributed by atoms with E-state index >= 15 is 0 Å². The first-order valence-corrected chi connectivity index (χ1v) is 15.8. The van der Waals surface area contributed by atoms with Gasteiger partial charge in [0.05, 0.1) is 30.7 Å². The highest BCUT2D eigenvalue weighted by atomic mass is 35.5. The molecule has 3 rings (SSSR count). The van der Waals surface area contributed by atoms with Crippen LogP contribution in [0, 0.1) is 6.92 Å². The second-order valence-corrected chi connectivity index (χ2v) is 13.2. The van der Waals surface area contributed by atoms with Crippen molar-refractivity contribution >= 4 is 73.9 Å². The van der Waals surface area contributed by atoms with Crippen LogP contribution in [-0.2, 0) is 26.2 Å². The zero-order chi connectivity index (χ0) is 30.5. The molecule has 12 heteroatoms. The molecule has 0 heterocycles. The van der Waals surface area contributed by atoms with E-state index in [0.717, 1.165) is 9.87 Å². The third-order valence-electron chi connectivity index (χ3n) is 6.58. The van der Waals surface area contributed by atoms with Crippen LogP contribution in [0.1, 0.15) is 38.3 Å². The molecule has 41 heavy (non-hydrogen) atoms. The quantitative estimate of drug-likeness (QED) is 0.237. The van der Waals surface area contributed by atoms with E-state index in [-0.39, 0.29) is 44.1 Å². The maximum atomic E-state index is 14.0. The number of nitrogens with one attached hydrogen (secondary N) is 1. The molecule has 220 valence electrons. The van der Waals surface area contributed by atoms with Gasteiger partial charge in [-0.3, -0.25) is 13.9 Å². The molecule has 2 amide bonds. The molecule has 3 aromatic carbocycles. The summed E-state index contributed by atoms with van der Waals surface area (Å²) < 4.78 is 28.8. The number of carbonyl (C=O) groups is 2. The van der Waals surface area contributed by atoms with Gasteiger partial charge in [0, 0.05) is 12.6 Å². The van der Waals surface area contributed by atoms with Gasteiger partial charge in [0.15, 0.2) is 0 Å². The summed E-state index contributed by atoms with van der Waals surface area (Å²) in [7, 11) is -4.24. The molecule has 0 unspecified atom stereocenters. The van der Waals surface area contributed by atoms with Gasteiger partial charge in [-0.1, -0.05) is 77.1 Å². The fourth-order valence-corrected chi connectivity index (χ4v) is 5.91. The molecule has 0 saturated carbocycles. The Labute approximate surface area is 261 Å². The summed E-state index contributed by atoms with van der Waals surface area (Å²) in [4.78, 5) is 28.4. The Balaban J connectivity index is 2.06. The largest absolute Gasteiger partial charge is 0.352 e. The van der Waals surface area contributed by atoms with E-state index in [9.17, 15) is 18.0 Å². The number of rotatable bonds is 11. The average Bonchev–Trinajstić information content (AvgIpc) is 2.93. The zero-order valence-corrected chi connectivity index (χ0v) is 26.8. The van der Waals surface area contributed by atoms with Crippen molar-refractivity contribution in [1.29, 1.82) is 0 Å². The number of benzene rings is 3. The maximum absolute atomic E-state index is 14.0. The van der Waals surface area contributed by atoms with Crippen molar-refractivity contribution in [2.75, 3.05) is 10.8 Å². The monoisotopic (exact) mass is 657 g/mol. The molecule has 0 spiro atoms. The first-order chi connectivity index (χ1) is 19.2. The van der Waals surface area contributed by atoms with E-state index in [1.807, 2.05) is 20.8 Å². The van der Waals surface area contributed by atoms with E-state index < -0.39 is 28.5 Å². The molecule has 2 atom stereocenters. The molecule has 0 aliphatic heterocycles. The number of amides is 2. The second-order valence-electron chi connectivity index (χ2n) is 9.69. The molecule has 1 N–H and O–H groups in total. The van der Waals surface area contributed by atoms with E-state index in [4.69, 9.17) is 46.4 Å². The van der Waals surface area contributed by atoms with Crippen LogP contribution in [0.5, 0.6) is 0 Å². The summed E-state index contributed by atoms with van der Waals surface area (Å²) in [5, 5.41) is 3.86. The molecular weight excluding hydrogens is 628 g/mol. The highest BCUT2D eigenvalue weighted by Crippen LogP contribution is 2.31. The summed E-state index contributed by atoms with van der Waals surface area (Å²) in [6, 6.07) is 14.4. The second kappa shape index (κ2) is 14.1. The molecule has 0 aromatic heterocycles. The summed E-state index contributed by atoms with van der Waals surface area (Å²) >= 11 is 24.6. The van der Waals surface area contributed by atoms with Crippen LogP contribution in [0.4, 0.5) is 5.69 Å². The maximum Gasteiger partial charge on any atom is 0.264 e. The van der Waals surface area contributed by atoms with Crippen molar-refractivity contribution in [2.24, 2.45) is 0 Å². The molecule has 0 aliphatic carbocycles. The standard InChI is InChI=1S/C29H31Cl4N3O4S/c1-5-19(3)34-29(38)20(4)35(16-21-8-12-24(30)26(32)14-21)28(37)17-36(22-9-13-25(31)27(33)15-22)41(39,40)23-10-6-18(2)7-11-23/h6-15,19-20H,5,16-17H2,1-4H3,(H,34,38)/t19-,20-/m1/s1. The molecule has 0 aliphatic rings. The Morgan fingerprint density at radius 1 is 0.854 bits per heavy atom. The number of aryl methyl sites for hydroxylation is 1. The lowest BCUT2D eigenvalue weighted by Crippen LogP contribution is -2.52. The van der Waals surface area contributed by atoms with Crippen LogP contribution < -0.4 is 9.62 Å². The average molecular weight is 659 g/mol. The number of anilines is 1. The third kappa shape index (κ3) is 8.30. The zero-order valence-electron chi connectivity index (χ0n) is 23.0. The first kappa shape index (κ1) is 33.0. The number of hydrogen-bond acceptors (Lipinski definition) is 4. The van der Waals surface area contributed by atoms with Crippen molar-refractivity contribution < 1.29 is 18.0 Å². The molecule has 0 fully saturated rings. The number of sulfonamides is 1. The van der Waals surface area contributed by atoms with Gasteiger partial charge in [-0.25, -0.2) is 8.42 Å². The molecule has 0 saturated heterocycles. The van der Waals surface area contributed by atoms with Crippen LogP contribution in [0.25, 0.3) is 0 Å². The van der Waals surface area contributed by atoms with Gasteiger partial charge in [0.2, 0.25) is 11.8 Å². The minimum atomic E-state index is -4.24. The Morgan fingerprint density at radius 2 is 1.44 bits per heavy atom. The number of hydrogen-bond donors (Lipinski definition) is 1. The van der Waals surface area contributed by atoms with Crippen LogP contribution >= 0.6 is 46.4 Å². The SMILES string of the molecule is CC[C@@H](C)NC(=O)[C@@H](C)N(Cc1ccc(Cl)c(Cl)c1)C(=O)CN(c1ccc(Cl)c(Cl)c1)S(=O)(=O)c1ccc(C)cc1. The predicted molar refractivity (Wildman–Crippen MR) is 167 cm³/mol. The fraction of sp³-hybridized carbons (Fsp3) is 0.310.